The predicted molar refractivity (Wildman–Crippen MR) is 86.4 cm³/mol. The standard InChI is InChI=1S/C14H26N4S/c1-6-12-17-13(15-7-2)11(5)14(18-12)16-10(4)9-19-8-3/h10H,6-9H2,1-5H3,(H2,15,16,17,18). The summed E-state index contributed by atoms with van der Waals surface area (Å²) in [5.41, 5.74) is 1.10. The molecule has 1 aromatic heterocycles. The van der Waals surface area contributed by atoms with Crippen LogP contribution in [-0.2, 0) is 6.42 Å². The summed E-state index contributed by atoms with van der Waals surface area (Å²) >= 11 is 1.94. The molecule has 1 unspecified atom stereocenters. The van der Waals surface area contributed by atoms with Crippen molar-refractivity contribution in [3.63, 3.8) is 0 Å². The third-order valence-electron chi connectivity index (χ3n) is 2.81. The number of rotatable bonds is 8. The van der Waals surface area contributed by atoms with Crippen LogP contribution in [0.5, 0.6) is 0 Å². The first-order valence-electron chi connectivity index (χ1n) is 7.07. The Morgan fingerprint density at radius 3 is 2.42 bits per heavy atom. The topological polar surface area (TPSA) is 49.8 Å². The fraction of sp³-hybridized carbons (Fsp3) is 0.714. The molecular weight excluding hydrogens is 256 g/mol. The SMILES string of the molecule is CCNc1nc(CC)nc(NC(C)CSCC)c1C. The summed E-state index contributed by atoms with van der Waals surface area (Å²) in [4.78, 5) is 9.15. The number of hydrogen-bond acceptors (Lipinski definition) is 5. The molecule has 0 saturated carbocycles. The molecule has 0 amide bonds. The zero-order valence-corrected chi connectivity index (χ0v) is 13.5. The lowest BCUT2D eigenvalue weighted by molar-refractivity contribution is 0.869. The van der Waals surface area contributed by atoms with E-state index < -0.39 is 0 Å². The summed E-state index contributed by atoms with van der Waals surface area (Å²) in [5, 5.41) is 6.82. The van der Waals surface area contributed by atoms with Crippen molar-refractivity contribution in [1.82, 2.24) is 9.97 Å². The summed E-state index contributed by atoms with van der Waals surface area (Å²) in [6, 6.07) is 0.415. The minimum absolute atomic E-state index is 0.415. The van der Waals surface area contributed by atoms with E-state index in [0.717, 1.165) is 47.5 Å². The van der Waals surface area contributed by atoms with E-state index in [9.17, 15) is 0 Å². The van der Waals surface area contributed by atoms with E-state index in [-0.39, 0.29) is 0 Å². The van der Waals surface area contributed by atoms with Crippen LogP contribution in [0.15, 0.2) is 0 Å². The van der Waals surface area contributed by atoms with Crippen molar-refractivity contribution in [1.29, 1.82) is 0 Å². The van der Waals surface area contributed by atoms with Gasteiger partial charge >= 0.3 is 0 Å². The summed E-state index contributed by atoms with van der Waals surface area (Å²) < 4.78 is 0. The van der Waals surface area contributed by atoms with Gasteiger partial charge in [-0.2, -0.15) is 11.8 Å². The first-order valence-corrected chi connectivity index (χ1v) is 8.23. The summed E-state index contributed by atoms with van der Waals surface area (Å²) in [6.45, 7) is 11.5. The van der Waals surface area contributed by atoms with Gasteiger partial charge in [-0.3, -0.25) is 0 Å². The largest absolute Gasteiger partial charge is 0.370 e. The van der Waals surface area contributed by atoms with Crippen molar-refractivity contribution in [2.45, 2.75) is 47.1 Å². The van der Waals surface area contributed by atoms with E-state index >= 15 is 0 Å². The number of hydrogen-bond donors (Lipinski definition) is 2. The number of nitrogens with zero attached hydrogens (tertiary/aromatic N) is 2. The van der Waals surface area contributed by atoms with Gasteiger partial charge in [0.25, 0.3) is 0 Å². The highest BCUT2D eigenvalue weighted by molar-refractivity contribution is 7.99. The van der Waals surface area contributed by atoms with Gasteiger partial charge in [0.05, 0.1) is 0 Å². The first-order chi connectivity index (χ1) is 9.12. The average molecular weight is 282 g/mol. The molecule has 0 aliphatic carbocycles. The monoisotopic (exact) mass is 282 g/mol. The number of anilines is 2. The molecule has 1 atom stereocenters. The molecule has 0 saturated heterocycles. The van der Waals surface area contributed by atoms with Crippen LogP contribution in [-0.4, -0.2) is 34.1 Å². The van der Waals surface area contributed by atoms with Gasteiger partial charge in [-0.1, -0.05) is 13.8 Å². The zero-order chi connectivity index (χ0) is 14.3. The van der Waals surface area contributed by atoms with E-state index in [2.05, 4.69) is 55.2 Å². The minimum atomic E-state index is 0.415. The second kappa shape index (κ2) is 8.25. The molecule has 0 aliphatic rings. The van der Waals surface area contributed by atoms with Gasteiger partial charge in [-0.15, -0.1) is 0 Å². The average Bonchev–Trinajstić information content (AvgIpc) is 2.41. The molecule has 1 heterocycles. The lowest BCUT2D eigenvalue weighted by atomic mass is 10.2. The molecule has 0 spiro atoms. The summed E-state index contributed by atoms with van der Waals surface area (Å²) in [5.74, 6) is 5.05. The third-order valence-corrected chi connectivity index (χ3v) is 3.95. The highest BCUT2D eigenvalue weighted by Crippen LogP contribution is 2.21. The summed E-state index contributed by atoms with van der Waals surface area (Å²) in [7, 11) is 0. The molecule has 0 aliphatic heterocycles. The van der Waals surface area contributed by atoms with Crippen LogP contribution in [0.3, 0.4) is 0 Å². The van der Waals surface area contributed by atoms with Crippen molar-refractivity contribution in [2.24, 2.45) is 0 Å². The van der Waals surface area contributed by atoms with Gasteiger partial charge in [-0.05, 0) is 26.5 Å². The van der Waals surface area contributed by atoms with Crippen LogP contribution in [0.25, 0.3) is 0 Å². The Labute approximate surface area is 121 Å². The minimum Gasteiger partial charge on any atom is -0.370 e. The van der Waals surface area contributed by atoms with Gasteiger partial charge < -0.3 is 10.6 Å². The maximum atomic E-state index is 4.61. The Hall–Kier alpha value is -0.970. The molecule has 19 heavy (non-hydrogen) atoms. The number of aromatic nitrogens is 2. The number of thioether (sulfide) groups is 1. The van der Waals surface area contributed by atoms with Crippen LogP contribution < -0.4 is 10.6 Å². The van der Waals surface area contributed by atoms with E-state index in [4.69, 9.17) is 0 Å². The molecule has 1 aromatic rings. The van der Waals surface area contributed by atoms with Crippen LogP contribution in [0.1, 0.15) is 39.1 Å². The molecule has 4 nitrogen and oxygen atoms in total. The van der Waals surface area contributed by atoms with Gasteiger partial charge in [0, 0.05) is 30.3 Å². The van der Waals surface area contributed by atoms with E-state index in [1.54, 1.807) is 0 Å². The fourth-order valence-electron chi connectivity index (χ4n) is 1.77. The molecule has 5 heteroatoms. The van der Waals surface area contributed by atoms with Crippen molar-refractivity contribution in [3.05, 3.63) is 11.4 Å². The van der Waals surface area contributed by atoms with Crippen LogP contribution >= 0.6 is 11.8 Å². The van der Waals surface area contributed by atoms with Gasteiger partial charge in [0.2, 0.25) is 0 Å². The van der Waals surface area contributed by atoms with Crippen LogP contribution in [0, 0.1) is 6.92 Å². The Morgan fingerprint density at radius 1 is 1.16 bits per heavy atom. The van der Waals surface area contributed by atoms with Crippen LogP contribution in [0.4, 0.5) is 11.6 Å². The first kappa shape index (κ1) is 16.1. The molecule has 0 aromatic carbocycles. The van der Waals surface area contributed by atoms with Crippen molar-refractivity contribution < 1.29 is 0 Å². The van der Waals surface area contributed by atoms with E-state index in [1.165, 1.54) is 0 Å². The Bertz CT molecular complexity index is 395. The molecular formula is C14H26N4S. The second-order valence-electron chi connectivity index (χ2n) is 4.55. The van der Waals surface area contributed by atoms with Crippen molar-refractivity contribution in [3.8, 4) is 0 Å². The Balaban J connectivity index is 2.88. The highest BCUT2D eigenvalue weighted by Gasteiger charge is 2.11. The lowest BCUT2D eigenvalue weighted by Gasteiger charge is -2.18. The Kier molecular flexibility index (Phi) is 6.99. The van der Waals surface area contributed by atoms with Crippen molar-refractivity contribution >= 4 is 23.4 Å². The molecule has 0 radical (unpaired) electrons. The van der Waals surface area contributed by atoms with Gasteiger partial charge in [0.15, 0.2) is 0 Å². The quantitative estimate of drug-likeness (QED) is 0.766. The Morgan fingerprint density at radius 2 is 1.84 bits per heavy atom. The maximum absolute atomic E-state index is 4.61. The summed E-state index contributed by atoms with van der Waals surface area (Å²) in [6.07, 6.45) is 0.853. The normalized spacial score (nSPS) is 12.3. The second-order valence-corrected chi connectivity index (χ2v) is 5.87. The molecule has 0 bridgehead atoms. The van der Waals surface area contributed by atoms with Crippen molar-refractivity contribution in [2.75, 3.05) is 28.7 Å². The van der Waals surface area contributed by atoms with E-state index in [0.29, 0.717) is 6.04 Å². The van der Waals surface area contributed by atoms with E-state index in [1.807, 2.05) is 11.8 Å². The maximum Gasteiger partial charge on any atom is 0.135 e. The predicted octanol–water partition coefficient (Wildman–Crippen LogP) is 3.33. The molecule has 2 N–H and O–H groups in total. The molecule has 108 valence electrons. The zero-order valence-electron chi connectivity index (χ0n) is 12.7. The smallest absolute Gasteiger partial charge is 0.135 e. The van der Waals surface area contributed by atoms with Gasteiger partial charge in [0.1, 0.15) is 17.5 Å². The molecule has 1 rings (SSSR count). The lowest BCUT2D eigenvalue weighted by Crippen LogP contribution is -2.21. The van der Waals surface area contributed by atoms with Crippen LogP contribution in [0.2, 0.25) is 0 Å². The number of aryl methyl sites for hydroxylation is 1. The number of nitrogens with one attached hydrogen (secondary N) is 2. The van der Waals surface area contributed by atoms with Gasteiger partial charge in [-0.25, -0.2) is 9.97 Å². The highest BCUT2D eigenvalue weighted by atomic mass is 32.2. The molecule has 0 fully saturated rings. The fourth-order valence-corrected chi connectivity index (χ4v) is 2.44. The third kappa shape index (κ3) is 4.90.